The summed E-state index contributed by atoms with van der Waals surface area (Å²) in [5.74, 6) is 0.896. The molecule has 0 saturated carbocycles. The molecular weight excluding hydrogens is 238 g/mol. The van der Waals surface area contributed by atoms with E-state index < -0.39 is 0 Å². The Kier molecular flexibility index (Phi) is 7.01. The number of rotatable bonds is 8. The quantitative estimate of drug-likeness (QED) is 0.727. The van der Waals surface area contributed by atoms with Crippen LogP contribution in [-0.2, 0) is 4.74 Å². The van der Waals surface area contributed by atoms with Crippen LogP contribution in [-0.4, -0.2) is 33.4 Å². The second-order valence-corrected chi connectivity index (χ2v) is 4.29. The molecule has 0 aromatic heterocycles. The number of methoxy groups -OCH3 is 1. The van der Waals surface area contributed by atoms with Crippen molar-refractivity contribution >= 4 is 11.6 Å². The highest BCUT2D eigenvalue weighted by atomic mass is 35.5. The molecular formula is C13H20ClNO2. The summed E-state index contributed by atoms with van der Waals surface area (Å²) < 4.78 is 10.6. The van der Waals surface area contributed by atoms with Gasteiger partial charge in [-0.3, -0.25) is 0 Å². The minimum Gasteiger partial charge on any atom is -0.492 e. The number of hydrogen-bond donors (Lipinski definition) is 1. The topological polar surface area (TPSA) is 30.5 Å². The van der Waals surface area contributed by atoms with E-state index in [0.717, 1.165) is 42.5 Å². The lowest BCUT2D eigenvalue weighted by atomic mass is 10.2. The van der Waals surface area contributed by atoms with Crippen LogP contribution in [0, 0.1) is 6.92 Å². The molecule has 96 valence electrons. The number of aryl methyl sites for hydroxylation is 1. The Morgan fingerprint density at radius 1 is 1.24 bits per heavy atom. The monoisotopic (exact) mass is 257 g/mol. The number of halogens is 1. The van der Waals surface area contributed by atoms with E-state index >= 15 is 0 Å². The van der Waals surface area contributed by atoms with Gasteiger partial charge in [-0.25, -0.2) is 0 Å². The van der Waals surface area contributed by atoms with Crippen molar-refractivity contribution < 1.29 is 9.47 Å². The van der Waals surface area contributed by atoms with Crippen LogP contribution in [0.4, 0.5) is 0 Å². The summed E-state index contributed by atoms with van der Waals surface area (Å²) in [6.07, 6.45) is 1.02. The summed E-state index contributed by atoms with van der Waals surface area (Å²) in [5.41, 5.74) is 1.07. The zero-order valence-electron chi connectivity index (χ0n) is 10.5. The first-order chi connectivity index (χ1) is 8.24. The highest BCUT2D eigenvalue weighted by Gasteiger charge is 1.99. The van der Waals surface area contributed by atoms with E-state index in [4.69, 9.17) is 21.1 Å². The van der Waals surface area contributed by atoms with Crippen molar-refractivity contribution in [2.75, 3.05) is 33.4 Å². The van der Waals surface area contributed by atoms with Crippen molar-refractivity contribution in [2.45, 2.75) is 13.3 Å². The molecule has 0 aliphatic rings. The fourth-order valence-corrected chi connectivity index (χ4v) is 1.70. The van der Waals surface area contributed by atoms with E-state index in [0.29, 0.717) is 6.61 Å². The Balaban J connectivity index is 2.14. The van der Waals surface area contributed by atoms with Gasteiger partial charge in [0, 0.05) is 25.3 Å². The normalized spacial score (nSPS) is 10.5. The lowest BCUT2D eigenvalue weighted by Crippen LogP contribution is -2.23. The van der Waals surface area contributed by atoms with Gasteiger partial charge in [-0.15, -0.1) is 0 Å². The van der Waals surface area contributed by atoms with Crippen molar-refractivity contribution in [3.8, 4) is 5.75 Å². The van der Waals surface area contributed by atoms with Gasteiger partial charge in [0.1, 0.15) is 12.4 Å². The van der Waals surface area contributed by atoms with Crippen molar-refractivity contribution in [3.05, 3.63) is 28.8 Å². The third-order valence-corrected chi connectivity index (χ3v) is 2.61. The van der Waals surface area contributed by atoms with Crippen LogP contribution < -0.4 is 10.1 Å². The lowest BCUT2D eigenvalue weighted by Gasteiger charge is -2.10. The summed E-state index contributed by atoms with van der Waals surface area (Å²) in [6.45, 7) is 5.25. The van der Waals surface area contributed by atoms with Gasteiger partial charge in [-0.1, -0.05) is 11.6 Å². The predicted molar refractivity (Wildman–Crippen MR) is 71.0 cm³/mol. The fraction of sp³-hybridized carbons (Fsp3) is 0.538. The first-order valence-corrected chi connectivity index (χ1v) is 6.20. The maximum Gasteiger partial charge on any atom is 0.122 e. The number of ether oxygens (including phenoxy) is 2. The van der Waals surface area contributed by atoms with Crippen molar-refractivity contribution in [3.63, 3.8) is 0 Å². The first-order valence-electron chi connectivity index (χ1n) is 5.82. The van der Waals surface area contributed by atoms with E-state index in [2.05, 4.69) is 5.32 Å². The molecule has 0 bridgehead atoms. The molecule has 0 fully saturated rings. The Morgan fingerprint density at radius 3 is 2.76 bits per heavy atom. The molecule has 0 heterocycles. The smallest absolute Gasteiger partial charge is 0.122 e. The highest BCUT2D eigenvalue weighted by molar-refractivity contribution is 6.30. The van der Waals surface area contributed by atoms with Crippen LogP contribution in [0.1, 0.15) is 12.0 Å². The molecule has 0 radical (unpaired) electrons. The minimum atomic E-state index is 0.662. The van der Waals surface area contributed by atoms with Crippen molar-refractivity contribution in [1.82, 2.24) is 5.32 Å². The third kappa shape index (κ3) is 5.91. The average molecular weight is 258 g/mol. The molecule has 1 aromatic rings. The van der Waals surface area contributed by atoms with Crippen molar-refractivity contribution in [1.29, 1.82) is 0 Å². The van der Waals surface area contributed by atoms with Crippen LogP contribution in [0.3, 0.4) is 0 Å². The minimum absolute atomic E-state index is 0.662. The predicted octanol–water partition coefficient (Wildman–Crippen LogP) is 2.65. The first kappa shape index (κ1) is 14.3. The molecule has 1 N–H and O–H groups in total. The largest absolute Gasteiger partial charge is 0.492 e. The molecule has 0 saturated heterocycles. The van der Waals surface area contributed by atoms with Gasteiger partial charge in [0.2, 0.25) is 0 Å². The standard InChI is InChI=1S/C13H20ClNO2/c1-11-10-12(14)4-5-13(11)17-9-7-15-6-3-8-16-2/h4-5,10,15H,3,6-9H2,1-2H3. The molecule has 0 aliphatic heterocycles. The molecule has 0 aliphatic carbocycles. The maximum absolute atomic E-state index is 5.87. The lowest BCUT2D eigenvalue weighted by molar-refractivity contribution is 0.193. The van der Waals surface area contributed by atoms with Crippen LogP contribution >= 0.6 is 11.6 Å². The molecule has 0 amide bonds. The fourth-order valence-electron chi connectivity index (χ4n) is 1.47. The summed E-state index contributed by atoms with van der Waals surface area (Å²) in [5, 5.41) is 4.03. The van der Waals surface area contributed by atoms with Gasteiger partial charge in [0.15, 0.2) is 0 Å². The molecule has 3 nitrogen and oxygen atoms in total. The Bertz CT molecular complexity index is 331. The van der Waals surface area contributed by atoms with Crippen LogP contribution in [0.2, 0.25) is 5.02 Å². The van der Waals surface area contributed by atoms with Gasteiger partial charge in [-0.2, -0.15) is 0 Å². The zero-order chi connectivity index (χ0) is 12.5. The second-order valence-electron chi connectivity index (χ2n) is 3.85. The SMILES string of the molecule is COCCCNCCOc1ccc(Cl)cc1C. The Labute approximate surface area is 108 Å². The summed E-state index contributed by atoms with van der Waals surface area (Å²) in [7, 11) is 1.71. The number of nitrogens with one attached hydrogen (secondary N) is 1. The van der Waals surface area contributed by atoms with Crippen LogP contribution in [0.5, 0.6) is 5.75 Å². The molecule has 1 rings (SSSR count). The second kappa shape index (κ2) is 8.34. The molecule has 0 atom stereocenters. The van der Waals surface area contributed by atoms with Crippen LogP contribution in [0.15, 0.2) is 18.2 Å². The molecule has 0 unspecified atom stereocenters. The van der Waals surface area contributed by atoms with Gasteiger partial charge in [-0.05, 0) is 43.7 Å². The molecule has 4 heteroatoms. The van der Waals surface area contributed by atoms with E-state index in [-0.39, 0.29) is 0 Å². The molecule has 0 spiro atoms. The third-order valence-electron chi connectivity index (χ3n) is 2.38. The molecule has 17 heavy (non-hydrogen) atoms. The number of benzene rings is 1. The number of hydrogen-bond acceptors (Lipinski definition) is 3. The van der Waals surface area contributed by atoms with E-state index in [1.165, 1.54) is 0 Å². The molecule has 1 aromatic carbocycles. The summed E-state index contributed by atoms with van der Waals surface area (Å²) >= 11 is 5.87. The van der Waals surface area contributed by atoms with E-state index in [9.17, 15) is 0 Å². The van der Waals surface area contributed by atoms with Crippen LogP contribution in [0.25, 0.3) is 0 Å². The Morgan fingerprint density at radius 2 is 2.06 bits per heavy atom. The van der Waals surface area contributed by atoms with E-state index in [1.54, 1.807) is 7.11 Å². The zero-order valence-corrected chi connectivity index (χ0v) is 11.2. The Hall–Kier alpha value is -0.770. The average Bonchev–Trinajstić information content (AvgIpc) is 2.30. The van der Waals surface area contributed by atoms with Gasteiger partial charge >= 0.3 is 0 Å². The summed E-state index contributed by atoms with van der Waals surface area (Å²) in [6, 6.07) is 5.65. The van der Waals surface area contributed by atoms with E-state index in [1.807, 2.05) is 25.1 Å². The maximum atomic E-state index is 5.87. The highest BCUT2D eigenvalue weighted by Crippen LogP contribution is 2.21. The van der Waals surface area contributed by atoms with Gasteiger partial charge in [0.25, 0.3) is 0 Å². The summed E-state index contributed by atoms with van der Waals surface area (Å²) in [4.78, 5) is 0. The van der Waals surface area contributed by atoms with Gasteiger partial charge in [0.05, 0.1) is 0 Å². The van der Waals surface area contributed by atoms with Crippen molar-refractivity contribution in [2.24, 2.45) is 0 Å². The van der Waals surface area contributed by atoms with Gasteiger partial charge < -0.3 is 14.8 Å².